The van der Waals surface area contributed by atoms with Crippen molar-refractivity contribution in [2.24, 2.45) is 0 Å². The maximum atomic E-state index is 12.0. The van der Waals surface area contributed by atoms with Gasteiger partial charge in [0.15, 0.2) is 5.03 Å². The van der Waals surface area contributed by atoms with E-state index >= 15 is 0 Å². The monoisotopic (exact) mass is 269 g/mol. The zero-order valence-electron chi connectivity index (χ0n) is 10.5. The highest BCUT2D eigenvalue weighted by atomic mass is 32.2. The lowest BCUT2D eigenvalue weighted by atomic mass is 10.1. The molecule has 0 saturated carbocycles. The van der Waals surface area contributed by atoms with Crippen molar-refractivity contribution >= 4 is 10.0 Å². The molecule has 1 aliphatic rings. The molecule has 1 fully saturated rings. The summed E-state index contributed by atoms with van der Waals surface area (Å²) in [7, 11) is -3.48. The molecule has 2 rings (SSSR count). The second kappa shape index (κ2) is 5.77. The molecule has 1 saturated heterocycles. The Labute approximate surface area is 108 Å². The first kappa shape index (κ1) is 13.5. The molecule has 0 radical (unpaired) electrons. The van der Waals surface area contributed by atoms with E-state index in [0.717, 1.165) is 24.9 Å². The van der Waals surface area contributed by atoms with E-state index in [1.165, 1.54) is 12.5 Å². The van der Waals surface area contributed by atoms with Gasteiger partial charge in [-0.25, -0.2) is 18.1 Å². The van der Waals surface area contributed by atoms with Crippen LogP contribution >= 0.6 is 0 Å². The fourth-order valence-electron chi connectivity index (χ4n) is 2.00. The first-order chi connectivity index (χ1) is 8.58. The zero-order valence-corrected chi connectivity index (χ0v) is 11.3. The van der Waals surface area contributed by atoms with Gasteiger partial charge in [-0.05, 0) is 37.9 Å². The van der Waals surface area contributed by atoms with Gasteiger partial charge in [-0.15, -0.1) is 0 Å². The third kappa shape index (κ3) is 3.51. The Morgan fingerprint density at radius 3 is 2.89 bits per heavy atom. The van der Waals surface area contributed by atoms with E-state index in [0.29, 0.717) is 6.54 Å². The molecule has 2 heterocycles. The summed E-state index contributed by atoms with van der Waals surface area (Å²) in [5, 5.41) is 3.39. The van der Waals surface area contributed by atoms with Crippen LogP contribution in [0.5, 0.6) is 0 Å². The van der Waals surface area contributed by atoms with Gasteiger partial charge in [-0.2, -0.15) is 0 Å². The minimum absolute atomic E-state index is 0.0870. The molecular formula is C12H19N3O2S. The molecule has 2 N–H and O–H groups in total. The number of hydrogen-bond donors (Lipinski definition) is 2. The van der Waals surface area contributed by atoms with E-state index in [-0.39, 0.29) is 11.1 Å². The van der Waals surface area contributed by atoms with Gasteiger partial charge in [0.05, 0.1) is 0 Å². The van der Waals surface area contributed by atoms with Gasteiger partial charge in [-0.1, -0.05) is 12.5 Å². The molecule has 1 aromatic rings. The first-order valence-electron chi connectivity index (χ1n) is 6.24. The SMILES string of the molecule is Cc1ccc(S(=O)(=O)NCC2CCCCN2)nc1. The van der Waals surface area contributed by atoms with Gasteiger partial charge in [0.2, 0.25) is 0 Å². The summed E-state index contributed by atoms with van der Waals surface area (Å²) in [6, 6.07) is 3.52. The van der Waals surface area contributed by atoms with Crippen molar-refractivity contribution in [3.8, 4) is 0 Å². The summed E-state index contributed by atoms with van der Waals surface area (Å²) >= 11 is 0. The Bertz CT molecular complexity index is 479. The number of hydrogen-bond acceptors (Lipinski definition) is 4. The number of aryl methyl sites for hydroxylation is 1. The Balaban J connectivity index is 1.96. The second-order valence-corrected chi connectivity index (χ2v) is 6.39. The van der Waals surface area contributed by atoms with E-state index in [4.69, 9.17) is 0 Å². The van der Waals surface area contributed by atoms with Gasteiger partial charge in [0.1, 0.15) is 0 Å². The van der Waals surface area contributed by atoms with E-state index in [9.17, 15) is 8.42 Å². The van der Waals surface area contributed by atoms with E-state index in [2.05, 4.69) is 15.0 Å². The van der Waals surface area contributed by atoms with Crippen LogP contribution in [0.2, 0.25) is 0 Å². The topological polar surface area (TPSA) is 71.1 Å². The molecule has 0 spiro atoms. The van der Waals surface area contributed by atoms with Crippen LogP contribution in [0.4, 0.5) is 0 Å². The molecule has 0 aromatic carbocycles. The summed E-state index contributed by atoms with van der Waals surface area (Å²) in [5.74, 6) is 0. The predicted molar refractivity (Wildman–Crippen MR) is 69.8 cm³/mol. The average Bonchev–Trinajstić information content (AvgIpc) is 2.38. The lowest BCUT2D eigenvalue weighted by Gasteiger charge is -2.23. The van der Waals surface area contributed by atoms with Crippen molar-refractivity contribution in [3.63, 3.8) is 0 Å². The maximum absolute atomic E-state index is 12.0. The van der Waals surface area contributed by atoms with Crippen LogP contribution in [-0.2, 0) is 10.0 Å². The van der Waals surface area contributed by atoms with Crippen LogP contribution in [0.3, 0.4) is 0 Å². The average molecular weight is 269 g/mol. The van der Waals surface area contributed by atoms with Gasteiger partial charge in [0.25, 0.3) is 10.0 Å². The first-order valence-corrected chi connectivity index (χ1v) is 7.72. The third-order valence-electron chi connectivity index (χ3n) is 3.09. The number of aromatic nitrogens is 1. The largest absolute Gasteiger partial charge is 0.313 e. The van der Waals surface area contributed by atoms with Gasteiger partial charge in [0, 0.05) is 18.8 Å². The Hall–Kier alpha value is -0.980. The van der Waals surface area contributed by atoms with Crippen molar-refractivity contribution in [1.29, 1.82) is 0 Å². The fourth-order valence-corrected chi connectivity index (χ4v) is 3.00. The molecule has 1 aromatic heterocycles. The van der Waals surface area contributed by atoms with Crippen molar-refractivity contribution in [1.82, 2.24) is 15.0 Å². The fraction of sp³-hybridized carbons (Fsp3) is 0.583. The van der Waals surface area contributed by atoms with Crippen LogP contribution < -0.4 is 10.0 Å². The Morgan fingerprint density at radius 2 is 2.28 bits per heavy atom. The molecule has 0 amide bonds. The molecule has 0 bridgehead atoms. The molecule has 100 valence electrons. The van der Waals surface area contributed by atoms with E-state index in [1.54, 1.807) is 12.3 Å². The summed E-state index contributed by atoms with van der Waals surface area (Å²) in [5.41, 5.74) is 0.947. The second-order valence-electron chi connectivity index (χ2n) is 4.67. The molecule has 1 unspecified atom stereocenters. The predicted octanol–water partition coefficient (Wildman–Crippen LogP) is 0.810. The number of rotatable bonds is 4. The van der Waals surface area contributed by atoms with Gasteiger partial charge >= 0.3 is 0 Å². The third-order valence-corrected chi connectivity index (χ3v) is 4.43. The molecule has 18 heavy (non-hydrogen) atoms. The summed E-state index contributed by atoms with van der Waals surface area (Å²) in [4.78, 5) is 3.94. The van der Waals surface area contributed by atoms with Crippen LogP contribution in [0, 0.1) is 6.92 Å². The van der Waals surface area contributed by atoms with Gasteiger partial charge < -0.3 is 5.32 Å². The zero-order chi connectivity index (χ0) is 13.0. The number of nitrogens with one attached hydrogen (secondary N) is 2. The lowest BCUT2D eigenvalue weighted by Crippen LogP contribution is -2.43. The highest BCUT2D eigenvalue weighted by Gasteiger charge is 2.19. The summed E-state index contributed by atoms with van der Waals surface area (Å²) in [6.45, 7) is 3.27. The number of sulfonamides is 1. The molecule has 6 heteroatoms. The summed E-state index contributed by atoms with van der Waals surface area (Å²) < 4.78 is 26.6. The normalized spacial score (nSPS) is 20.8. The van der Waals surface area contributed by atoms with Crippen molar-refractivity contribution < 1.29 is 8.42 Å². The lowest BCUT2D eigenvalue weighted by molar-refractivity contribution is 0.398. The van der Waals surface area contributed by atoms with E-state index in [1.807, 2.05) is 6.92 Å². The van der Waals surface area contributed by atoms with Crippen molar-refractivity contribution in [2.45, 2.75) is 37.3 Å². The van der Waals surface area contributed by atoms with Crippen LogP contribution in [0.1, 0.15) is 24.8 Å². The quantitative estimate of drug-likeness (QED) is 0.848. The van der Waals surface area contributed by atoms with Crippen LogP contribution in [0.25, 0.3) is 0 Å². The molecular weight excluding hydrogens is 250 g/mol. The highest BCUT2D eigenvalue weighted by Crippen LogP contribution is 2.09. The maximum Gasteiger partial charge on any atom is 0.258 e. The minimum atomic E-state index is -3.48. The number of pyridine rings is 1. The Kier molecular flexibility index (Phi) is 4.31. The number of nitrogens with zero attached hydrogens (tertiary/aromatic N) is 1. The molecule has 1 atom stereocenters. The Morgan fingerprint density at radius 1 is 1.44 bits per heavy atom. The van der Waals surface area contributed by atoms with Crippen molar-refractivity contribution in [2.75, 3.05) is 13.1 Å². The van der Waals surface area contributed by atoms with Crippen molar-refractivity contribution in [3.05, 3.63) is 23.9 Å². The van der Waals surface area contributed by atoms with E-state index < -0.39 is 10.0 Å². The highest BCUT2D eigenvalue weighted by molar-refractivity contribution is 7.89. The standard InChI is InChI=1S/C12H19N3O2S/c1-10-5-6-12(14-8-10)18(16,17)15-9-11-4-2-3-7-13-11/h5-6,8,11,13,15H,2-4,7,9H2,1H3. The molecule has 5 nitrogen and oxygen atoms in total. The van der Waals surface area contributed by atoms with Crippen LogP contribution in [-0.4, -0.2) is 32.5 Å². The smallest absolute Gasteiger partial charge is 0.258 e. The minimum Gasteiger partial charge on any atom is -0.313 e. The number of piperidine rings is 1. The summed E-state index contributed by atoms with van der Waals surface area (Å²) in [6.07, 6.45) is 4.90. The van der Waals surface area contributed by atoms with Crippen LogP contribution in [0.15, 0.2) is 23.4 Å². The molecule has 1 aliphatic heterocycles. The molecule has 0 aliphatic carbocycles. The van der Waals surface area contributed by atoms with Gasteiger partial charge in [-0.3, -0.25) is 0 Å².